The zero-order valence-electron chi connectivity index (χ0n) is 10.3. The summed E-state index contributed by atoms with van der Waals surface area (Å²) in [5.41, 5.74) is 0.601. The summed E-state index contributed by atoms with van der Waals surface area (Å²) in [6, 6.07) is 4.62. The molecule has 0 aliphatic carbocycles. The molecule has 8 heteroatoms. The molecule has 0 aromatic heterocycles. The van der Waals surface area contributed by atoms with Gasteiger partial charge in [-0.1, -0.05) is 19.1 Å². The summed E-state index contributed by atoms with van der Waals surface area (Å²) in [5, 5.41) is 18.1. The molecule has 0 aliphatic heterocycles. The maximum absolute atomic E-state index is 11.5. The Labute approximate surface area is 111 Å². The Hall–Kier alpha value is -1.64. The second-order valence-corrected chi connectivity index (χ2v) is 5.41. The van der Waals surface area contributed by atoms with Crippen molar-refractivity contribution in [2.45, 2.75) is 19.4 Å². The predicted octanol–water partition coefficient (Wildman–Crippen LogP) is -0.168. The zero-order chi connectivity index (χ0) is 14.5. The first-order valence-corrected chi connectivity index (χ1v) is 7.10. The van der Waals surface area contributed by atoms with Crippen molar-refractivity contribution < 1.29 is 23.4 Å². The summed E-state index contributed by atoms with van der Waals surface area (Å²) in [5.74, 6) is -1.21. The van der Waals surface area contributed by atoms with Gasteiger partial charge in [0, 0.05) is 6.54 Å². The van der Waals surface area contributed by atoms with Crippen molar-refractivity contribution in [3.05, 3.63) is 29.8 Å². The second-order valence-electron chi connectivity index (χ2n) is 3.88. The van der Waals surface area contributed by atoms with E-state index in [9.17, 15) is 13.2 Å². The number of aliphatic carboxylic acids is 1. The van der Waals surface area contributed by atoms with Gasteiger partial charge >= 0.3 is 5.97 Å². The van der Waals surface area contributed by atoms with Crippen molar-refractivity contribution in [3.8, 4) is 5.75 Å². The number of carbonyl (C=O) groups is 1. The molecule has 1 atom stereocenters. The Morgan fingerprint density at radius 2 is 1.89 bits per heavy atom. The third-order valence-corrected chi connectivity index (χ3v) is 3.57. The average Bonchev–Trinajstić information content (AvgIpc) is 2.30. The number of benzene rings is 1. The van der Waals surface area contributed by atoms with E-state index in [0.717, 1.165) is 0 Å². The van der Waals surface area contributed by atoms with E-state index in [-0.39, 0.29) is 18.7 Å². The minimum Gasteiger partial charge on any atom is -0.508 e. The highest BCUT2D eigenvalue weighted by atomic mass is 32.2. The van der Waals surface area contributed by atoms with Crippen LogP contribution in [0.15, 0.2) is 24.3 Å². The molecule has 7 nitrogen and oxygen atoms in total. The predicted molar refractivity (Wildman–Crippen MR) is 69.0 cm³/mol. The van der Waals surface area contributed by atoms with E-state index >= 15 is 0 Å². The van der Waals surface area contributed by atoms with Gasteiger partial charge in [-0.05, 0) is 24.1 Å². The molecule has 0 radical (unpaired) electrons. The fourth-order valence-corrected chi connectivity index (χ4v) is 2.49. The molecule has 0 amide bonds. The average molecular weight is 288 g/mol. The molecule has 0 bridgehead atoms. The monoisotopic (exact) mass is 288 g/mol. The molecule has 1 rings (SSSR count). The molecule has 1 aromatic carbocycles. The van der Waals surface area contributed by atoms with Crippen molar-refractivity contribution >= 4 is 16.2 Å². The van der Waals surface area contributed by atoms with Gasteiger partial charge in [-0.3, -0.25) is 4.79 Å². The Balaban J connectivity index is 2.79. The lowest BCUT2D eigenvalue weighted by molar-refractivity contribution is -0.138. The van der Waals surface area contributed by atoms with E-state index in [1.807, 2.05) is 0 Å². The maximum Gasteiger partial charge on any atom is 0.322 e. The molecule has 106 valence electrons. The number of phenols is 1. The lowest BCUT2D eigenvalue weighted by Crippen LogP contribution is -2.47. The summed E-state index contributed by atoms with van der Waals surface area (Å²) >= 11 is 0. The molecule has 1 aromatic rings. The Morgan fingerprint density at radius 1 is 1.32 bits per heavy atom. The molecule has 0 unspecified atom stereocenters. The summed E-state index contributed by atoms with van der Waals surface area (Å²) in [7, 11) is -3.83. The number of aromatic hydroxyl groups is 1. The van der Waals surface area contributed by atoms with Crippen LogP contribution in [-0.4, -0.2) is 37.2 Å². The van der Waals surface area contributed by atoms with Crippen molar-refractivity contribution in [1.82, 2.24) is 9.44 Å². The van der Waals surface area contributed by atoms with Crippen molar-refractivity contribution in [2.75, 3.05) is 6.54 Å². The third-order valence-electron chi connectivity index (χ3n) is 2.31. The number of phenolic OH excluding ortho intramolecular Hbond substituents is 1. The number of nitrogens with one attached hydrogen (secondary N) is 2. The SMILES string of the molecule is CCNS(=O)(=O)N[C@H](Cc1ccc(O)cc1)C(=O)O. The number of rotatable bonds is 7. The van der Waals surface area contributed by atoms with E-state index in [2.05, 4.69) is 9.44 Å². The quantitative estimate of drug-likeness (QED) is 0.556. The van der Waals surface area contributed by atoms with Crippen molar-refractivity contribution in [1.29, 1.82) is 0 Å². The second kappa shape index (κ2) is 6.50. The summed E-state index contributed by atoms with van der Waals surface area (Å²) in [6.07, 6.45) is -0.0137. The third kappa shape index (κ3) is 5.25. The van der Waals surface area contributed by atoms with E-state index in [4.69, 9.17) is 10.2 Å². The highest BCUT2D eigenvalue weighted by Gasteiger charge is 2.23. The van der Waals surface area contributed by atoms with Crippen LogP contribution in [0.4, 0.5) is 0 Å². The normalized spacial score (nSPS) is 13.1. The van der Waals surface area contributed by atoms with Crippen LogP contribution in [0.3, 0.4) is 0 Å². The maximum atomic E-state index is 11.5. The van der Waals surface area contributed by atoms with Crippen molar-refractivity contribution in [2.24, 2.45) is 0 Å². The van der Waals surface area contributed by atoms with Crippen LogP contribution in [-0.2, 0) is 21.4 Å². The Morgan fingerprint density at radius 3 is 2.37 bits per heavy atom. The molecule has 0 spiro atoms. The molecule has 19 heavy (non-hydrogen) atoms. The van der Waals surface area contributed by atoms with Gasteiger partial charge in [0.15, 0.2) is 0 Å². The summed E-state index contributed by atoms with van der Waals surface area (Å²) in [6.45, 7) is 1.76. The van der Waals surface area contributed by atoms with Crippen LogP contribution in [0.5, 0.6) is 5.75 Å². The molecular formula is C11H16N2O5S. The van der Waals surface area contributed by atoms with E-state index in [1.165, 1.54) is 24.3 Å². The van der Waals surface area contributed by atoms with Gasteiger partial charge in [0.25, 0.3) is 10.2 Å². The summed E-state index contributed by atoms with van der Waals surface area (Å²) in [4.78, 5) is 11.0. The zero-order valence-corrected chi connectivity index (χ0v) is 11.1. The molecule has 0 aliphatic rings. The molecule has 0 saturated carbocycles. The smallest absolute Gasteiger partial charge is 0.322 e. The fourth-order valence-electron chi connectivity index (χ4n) is 1.47. The number of carboxylic acid groups (broad SMARTS) is 1. The lowest BCUT2D eigenvalue weighted by atomic mass is 10.1. The van der Waals surface area contributed by atoms with Gasteiger partial charge in [-0.15, -0.1) is 0 Å². The van der Waals surface area contributed by atoms with Crippen LogP contribution < -0.4 is 9.44 Å². The van der Waals surface area contributed by atoms with Gasteiger partial charge in [-0.25, -0.2) is 4.72 Å². The van der Waals surface area contributed by atoms with Gasteiger partial charge in [0.05, 0.1) is 0 Å². The van der Waals surface area contributed by atoms with Crippen LogP contribution >= 0.6 is 0 Å². The Bertz CT molecular complexity index is 527. The minimum absolute atomic E-state index is 0.0137. The molecule has 0 saturated heterocycles. The van der Waals surface area contributed by atoms with Crippen LogP contribution in [0, 0.1) is 0 Å². The molecular weight excluding hydrogens is 272 g/mol. The fraction of sp³-hybridized carbons (Fsp3) is 0.364. The highest BCUT2D eigenvalue weighted by molar-refractivity contribution is 7.87. The van der Waals surface area contributed by atoms with E-state index < -0.39 is 22.2 Å². The van der Waals surface area contributed by atoms with Gasteiger partial charge in [0.2, 0.25) is 0 Å². The largest absolute Gasteiger partial charge is 0.508 e. The molecule has 0 fully saturated rings. The van der Waals surface area contributed by atoms with E-state index in [0.29, 0.717) is 5.56 Å². The van der Waals surface area contributed by atoms with Crippen LogP contribution in [0.2, 0.25) is 0 Å². The number of hydrogen-bond donors (Lipinski definition) is 4. The highest BCUT2D eigenvalue weighted by Crippen LogP contribution is 2.11. The first-order valence-electron chi connectivity index (χ1n) is 5.61. The standard InChI is InChI=1S/C11H16N2O5S/c1-2-12-19(17,18)13-10(11(15)16)7-8-3-5-9(14)6-4-8/h3-6,10,12-14H,2,7H2,1H3,(H,15,16)/t10-/m1/s1. The summed E-state index contributed by atoms with van der Waals surface area (Å²) < 4.78 is 27.1. The van der Waals surface area contributed by atoms with Crippen LogP contribution in [0.25, 0.3) is 0 Å². The van der Waals surface area contributed by atoms with Gasteiger partial charge in [0.1, 0.15) is 11.8 Å². The van der Waals surface area contributed by atoms with Gasteiger partial charge < -0.3 is 10.2 Å². The van der Waals surface area contributed by atoms with Crippen molar-refractivity contribution in [3.63, 3.8) is 0 Å². The Kier molecular flexibility index (Phi) is 5.28. The number of carboxylic acids is 1. The first kappa shape index (κ1) is 15.4. The number of hydrogen-bond acceptors (Lipinski definition) is 4. The van der Waals surface area contributed by atoms with Crippen LogP contribution in [0.1, 0.15) is 12.5 Å². The topological polar surface area (TPSA) is 116 Å². The molecule has 4 N–H and O–H groups in total. The molecule has 0 heterocycles. The van der Waals surface area contributed by atoms with Gasteiger partial charge in [-0.2, -0.15) is 13.1 Å². The first-order chi connectivity index (χ1) is 8.84. The minimum atomic E-state index is -3.83. The van der Waals surface area contributed by atoms with E-state index in [1.54, 1.807) is 6.92 Å². The lowest BCUT2D eigenvalue weighted by Gasteiger charge is -2.14.